The van der Waals surface area contributed by atoms with Crippen molar-refractivity contribution in [1.82, 2.24) is 0 Å². The smallest absolute Gasteiger partial charge is 0.159 e. The Morgan fingerprint density at radius 1 is 0.936 bits per heavy atom. The highest BCUT2D eigenvalue weighted by molar-refractivity contribution is 7.82. The fourth-order valence-electron chi connectivity index (χ4n) is 13.1. The normalized spacial score (nSPS) is 42.0. The summed E-state index contributed by atoms with van der Waals surface area (Å²) in [5.41, 5.74) is 3.01. The van der Waals surface area contributed by atoms with E-state index in [1.807, 2.05) is 0 Å². The summed E-state index contributed by atoms with van der Waals surface area (Å²) in [7, 11) is 1.80. The third-order valence-electron chi connectivity index (χ3n) is 15.9. The summed E-state index contributed by atoms with van der Waals surface area (Å²) in [6.07, 6.45) is 21.7. The number of ether oxygens (including phenoxy) is 1. The van der Waals surface area contributed by atoms with E-state index in [1.54, 1.807) is 14.0 Å². The molecule has 0 aromatic rings. The Morgan fingerprint density at radius 2 is 1.64 bits per heavy atom. The highest BCUT2D eigenvalue weighted by atomic mass is 32.1. The Balaban J connectivity index is 1.26. The van der Waals surface area contributed by atoms with Crippen molar-refractivity contribution < 1.29 is 9.53 Å². The lowest BCUT2D eigenvalue weighted by atomic mass is 9.44. The highest BCUT2D eigenvalue weighted by Gasteiger charge is 2.62. The number of thiol groups is 1. The lowest BCUT2D eigenvalue weighted by Gasteiger charge is -2.61. The minimum atomic E-state index is -1.25. The SMILES string of the molecule is CCC=P1(C/C(C(C)=O)=C(\OC)C(C)CCC)CC1C1CCC2(C)C(CCC3C2CCC2(C)C3CCC2[C@H](C)CCC(S)C(C)C)C1. The number of carbonyl (C=O) groups is 1. The molecule has 5 rings (SSSR count). The van der Waals surface area contributed by atoms with E-state index in [0.717, 1.165) is 83.8 Å². The quantitative estimate of drug-likeness (QED) is 0.0852. The van der Waals surface area contributed by atoms with Crippen LogP contribution in [0.15, 0.2) is 11.3 Å². The molecule has 5 aliphatic rings. The number of allylic oxidation sites excluding steroid dienone is 2. The third-order valence-corrected chi connectivity index (χ3v) is 21.2. The van der Waals surface area contributed by atoms with Gasteiger partial charge < -0.3 is 4.74 Å². The van der Waals surface area contributed by atoms with Gasteiger partial charge in [0.1, 0.15) is 5.76 Å². The van der Waals surface area contributed by atoms with E-state index in [4.69, 9.17) is 17.4 Å². The summed E-state index contributed by atoms with van der Waals surface area (Å²) in [4.78, 5) is 13.1. The molecular formula is C43H75O2PS. The topological polar surface area (TPSA) is 26.3 Å². The molecule has 0 spiro atoms. The Hall–Kier alpha value is -0.140. The maximum atomic E-state index is 13.1. The van der Waals surface area contributed by atoms with Crippen molar-refractivity contribution in [3.8, 4) is 0 Å². The van der Waals surface area contributed by atoms with Crippen molar-refractivity contribution in [2.45, 2.75) is 163 Å². The van der Waals surface area contributed by atoms with Crippen molar-refractivity contribution in [3.05, 3.63) is 11.3 Å². The zero-order valence-electron chi connectivity index (χ0n) is 32.5. The molecule has 4 heteroatoms. The van der Waals surface area contributed by atoms with Crippen LogP contribution in [0.4, 0.5) is 0 Å². The Morgan fingerprint density at radius 3 is 2.28 bits per heavy atom. The van der Waals surface area contributed by atoms with Gasteiger partial charge in [-0.05, 0) is 167 Å². The molecule has 5 fully saturated rings. The van der Waals surface area contributed by atoms with Crippen molar-refractivity contribution in [3.63, 3.8) is 0 Å². The van der Waals surface area contributed by atoms with E-state index in [-0.39, 0.29) is 5.78 Å². The first-order valence-corrected chi connectivity index (χ1v) is 23.2. The predicted octanol–water partition coefficient (Wildman–Crippen LogP) is 12.2. The van der Waals surface area contributed by atoms with Crippen LogP contribution >= 0.6 is 19.5 Å². The van der Waals surface area contributed by atoms with Crippen molar-refractivity contribution in [2.75, 3.05) is 19.4 Å². The number of carbonyl (C=O) groups excluding carboxylic acids is 1. The van der Waals surface area contributed by atoms with Crippen LogP contribution in [0, 0.1) is 64.1 Å². The van der Waals surface area contributed by atoms with Crippen LogP contribution in [0.2, 0.25) is 0 Å². The molecule has 2 nitrogen and oxygen atoms in total. The van der Waals surface area contributed by atoms with Gasteiger partial charge in [-0.3, -0.25) is 4.79 Å². The molecule has 47 heavy (non-hydrogen) atoms. The number of Topliss-reactive ketones (excluding diaryl/α,β-unsaturated/α-hetero) is 1. The highest BCUT2D eigenvalue weighted by Crippen LogP contribution is 2.75. The van der Waals surface area contributed by atoms with E-state index in [1.165, 1.54) is 76.8 Å². The molecule has 0 aromatic heterocycles. The van der Waals surface area contributed by atoms with E-state index >= 15 is 0 Å². The molecule has 12 unspecified atom stereocenters. The summed E-state index contributed by atoms with van der Waals surface area (Å²) in [6.45, 7) is 20.2. The first-order valence-electron chi connectivity index (χ1n) is 20.4. The first kappa shape index (κ1) is 38.1. The molecule has 0 aromatic carbocycles. The molecule has 0 amide bonds. The van der Waals surface area contributed by atoms with Gasteiger partial charge in [0.2, 0.25) is 0 Å². The standard InChI is InChI=1S/C43H75O2PS/c1-11-13-30(6)41(45-10)35(31(7)44)26-46(24-12-2)27-39(46)32-20-22-42(8)33(25-32)15-16-34-37-18-17-36(43(37,9)23-21-38(34)42)29(5)14-19-40(47)28(3)4/h24,28-30,32-34,36-40,47H,11-23,25-27H2,1-10H3/b41-35+/t29-,30?,32?,33?,34?,36?,37?,38?,39?,40?,42?,43?,46?/m1/s1. The minimum Gasteiger partial charge on any atom is -0.500 e. The van der Waals surface area contributed by atoms with Gasteiger partial charge in [-0.2, -0.15) is 12.6 Å². The number of rotatable bonds is 14. The van der Waals surface area contributed by atoms with Crippen molar-refractivity contribution >= 4 is 31.1 Å². The molecule has 1 heterocycles. The van der Waals surface area contributed by atoms with Gasteiger partial charge in [0.15, 0.2) is 5.78 Å². The number of hydrogen-bond acceptors (Lipinski definition) is 3. The van der Waals surface area contributed by atoms with Gasteiger partial charge in [0.25, 0.3) is 0 Å². The molecule has 4 saturated carbocycles. The summed E-state index contributed by atoms with van der Waals surface area (Å²) in [5, 5.41) is 0.552. The zero-order valence-corrected chi connectivity index (χ0v) is 34.2. The Kier molecular flexibility index (Phi) is 12.3. The summed E-state index contributed by atoms with van der Waals surface area (Å²) >= 11 is 4.94. The molecule has 0 N–H and O–H groups in total. The van der Waals surface area contributed by atoms with Crippen LogP contribution in [0.1, 0.15) is 152 Å². The number of hydrogen-bond donors (Lipinski definition) is 1. The molecule has 1 aliphatic heterocycles. The van der Waals surface area contributed by atoms with Gasteiger partial charge >= 0.3 is 0 Å². The molecule has 0 bridgehead atoms. The van der Waals surface area contributed by atoms with Gasteiger partial charge in [-0.25, -0.2) is 0 Å². The van der Waals surface area contributed by atoms with Crippen LogP contribution in [-0.2, 0) is 9.53 Å². The number of methoxy groups -OCH3 is 1. The summed E-state index contributed by atoms with van der Waals surface area (Å²) in [6, 6.07) is 0. The first-order chi connectivity index (χ1) is 22.3. The third kappa shape index (κ3) is 7.31. The molecule has 4 aliphatic carbocycles. The van der Waals surface area contributed by atoms with Crippen LogP contribution in [0.25, 0.3) is 0 Å². The average Bonchev–Trinajstić information content (AvgIpc) is 3.60. The number of ketones is 1. The van der Waals surface area contributed by atoms with Crippen LogP contribution in [-0.4, -0.2) is 41.9 Å². The van der Waals surface area contributed by atoms with Gasteiger partial charge in [0.05, 0.1) is 7.11 Å². The van der Waals surface area contributed by atoms with Crippen molar-refractivity contribution in [2.24, 2.45) is 64.1 Å². The Labute approximate surface area is 297 Å². The maximum absolute atomic E-state index is 13.1. The second-order valence-corrected chi connectivity index (χ2v) is 23.3. The summed E-state index contributed by atoms with van der Waals surface area (Å²) in [5.74, 6) is 11.4. The minimum absolute atomic E-state index is 0.253. The largest absolute Gasteiger partial charge is 0.500 e. The van der Waals surface area contributed by atoms with E-state index in [2.05, 4.69) is 61.2 Å². The predicted molar refractivity (Wildman–Crippen MR) is 210 cm³/mol. The summed E-state index contributed by atoms with van der Waals surface area (Å²) < 4.78 is 6.00. The fraction of sp³-hybridized carbons (Fsp3) is 0.907. The van der Waals surface area contributed by atoms with Crippen LogP contribution in [0.5, 0.6) is 0 Å². The molecule has 1 saturated heterocycles. The Bertz CT molecular complexity index is 1190. The van der Waals surface area contributed by atoms with E-state index < -0.39 is 6.89 Å². The second kappa shape index (κ2) is 15.2. The molecular weight excluding hydrogens is 612 g/mol. The fourth-order valence-corrected chi connectivity index (χ4v) is 18.5. The van der Waals surface area contributed by atoms with E-state index in [0.29, 0.717) is 27.9 Å². The van der Waals surface area contributed by atoms with Gasteiger partial charge in [-0.15, -0.1) is 6.89 Å². The lowest BCUT2D eigenvalue weighted by Crippen LogP contribution is -2.54. The van der Waals surface area contributed by atoms with Crippen molar-refractivity contribution in [1.29, 1.82) is 0 Å². The average molecular weight is 687 g/mol. The number of fused-ring (bicyclic) bond motifs is 5. The molecule has 270 valence electrons. The molecule has 0 radical (unpaired) electrons. The van der Waals surface area contributed by atoms with Gasteiger partial charge in [-0.1, -0.05) is 67.6 Å². The monoisotopic (exact) mass is 687 g/mol. The van der Waals surface area contributed by atoms with Crippen LogP contribution < -0.4 is 0 Å². The zero-order chi connectivity index (χ0) is 34.3. The second-order valence-electron chi connectivity index (χ2n) is 18.7. The maximum Gasteiger partial charge on any atom is 0.159 e. The van der Waals surface area contributed by atoms with Gasteiger partial charge in [0, 0.05) is 16.7 Å². The lowest BCUT2D eigenvalue weighted by molar-refractivity contribution is -0.120. The molecule has 13 atom stereocenters. The van der Waals surface area contributed by atoms with E-state index in [9.17, 15) is 4.79 Å². The van der Waals surface area contributed by atoms with Crippen LogP contribution in [0.3, 0.4) is 0 Å².